The van der Waals surface area contributed by atoms with Crippen molar-refractivity contribution in [2.24, 2.45) is 0 Å². The van der Waals surface area contributed by atoms with Gasteiger partial charge in [0.05, 0.1) is 14.2 Å². The third-order valence-electron chi connectivity index (χ3n) is 1.75. The number of benzene rings is 1. The molecule has 0 unspecified atom stereocenters. The molecule has 0 heterocycles. The first-order valence-corrected chi connectivity index (χ1v) is 5.90. The molecular weight excluding hydrogens is 408 g/mol. The molecule has 0 amide bonds. The highest BCUT2D eigenvalue weighted by Gasteiger charge is 2.05. The molecule has 0 spiro atoms. The standard InChI is InChI=1S/C9H11I2NO2/c1-13-8-4-3-7(6-12(10)11)5-9(8)14-2/h3-5H,6H2,1-2H3. The van der Waals surface area contributed by atoms with Crippen LogP contribution in [0.5, 0.6) is 11.5 Å². The molecule has 0 fully saturated rings. The summed E-state index contributed by atoms with van der Waals surface area (Å²) in [5.74, 6) is 1.55. The lowest BCUT2D eigenvalue weighted by Gasteiger charge is -2.10. The van der Waals surface area contributed by atoms with Crippen LogP contribution < -0.4 is 9.47 Å². The SMILES string of the molecule is COc1ccc(CN(I)I)cc1OC. The molecule has 0 aliphatic carbocycles. The molecule has 1 rings (SSSR count). The van der Waals surface area contributed by atoms with Crippen molar-refractivity contribution in [1.82, 2.24) is 1.33 Å². The molecule has 0 bridgehead atoms. The largest absolute Gasteiger partial charge is 0.493 e. The van der Waals surface area contributed by atoms with Crippen LogP contribution in [0.25, 0.3) is 0 Å². The number of hydrogen-bond acceptors (Lipinski definition) is 3. The fraction of sp³-hybridized carbons (Fsp3) is 0.333. The smallest absolute Gasteiger partial charge is 0.161 e. The zero-order valence-electron chi connectivity index (χ0n) is 7.96. The van der Waals surface area contributed by atoms with E-state index in [1.807, 2.05) is 18.2 Å². The maximum Gasteiger partial charge on any atom is 0.161 e. The van der Waals surface area contributed by atoms with E-state index in [0.29, 0.717) is 0 Å². The van der Waals surface area contributed by atoms with Gasteiger partial charge in [0.25, 0.3) is 0 Å². The van der Waals surface area contributed by atoms with E-state index in [4.69, 9.17) is 9.47 Å². The van der Waals surface area contributed by atoms with Crippen LogP contribution in [0.4, 0.5) is 0 Å². The molecule has 1 aromatic rings. The Balaban J connectivity index is 2.89. The number of nitrogens with zero attached hydrogens (tertiary/aromatic N) is 1. The van der Waals surface area contributed by atoms with Gasteiger partial charge in [-0.1, -0.05) is 6.07 Å². The van der Waals surface area contributed by atoms with Crippen LogP contribution in [-0.2, 0) is 6.54 Å². The number of hydrogen-bond donors (Lipinski definition) is 0. The Morgan fingerprint density at radius 3 is 2.29 bits per heavy atom. The normalized spacial score (nSPS) is 10.4. The van der Waals surface area contributed by atoms with Crippen molar-refractivity contribution in [3.05, 3.63) is 23.8 Å². The Hall–Kier alpha value is 0.240. The maximum atomic E-state index is 5.21. The van der Waals surface area contributed by atoms with E-state index in [-0.39, 0.29) is 0 Å². The van der Waals surface area contributed by atoms with E-state index in [2.05, 4.69) is 47.1 Å². The summed E-state index contributed by atoms with van der Waals surface area (Å²) in [7, 11) is 3.29. The highest BCUT2D eigenvalue weighted by atomic mass is 127. The van der Waals surface area contributed by atoms with Crippen molar-refractivity contribution in [2.75, 3.05) is 14.2 Å². The molecule has 0 saturated heterocycles. The molecule has 5 heteroatoms. The molecule has 0 aromatic heterocycles. The Morgan fingerprint density at radius 2 is 1.79 bits per heavy atom. The van der Waals surface area contributed by atoms with Crippen LogP contribution in [0.15, 0.2) is 18.2 Å². The molecule has 1 aromatic carbocycles. The molecule has 0 aliphatic heterocycles. The molecule has 0 radical (unpaired) electrons. The van der Waals surface area contributed by atoms with Gasteiger partial charge in [-0.15, -0.1) is 0 Å². The van der Waals surface area contributed by atoms with Crippen LogP contribution >= 0.6 is 45.7 Å². The summed E-state index contributed by atoms with van der Waals surface area (Å²) in [6.45, 7) is 0.876. The zero-order valence-corrected chi connectivity index (χ0v) is 12.3. The first-order chi connectivity index (χ1) is 6.67. The fourth-order valence-corrected chi connectivity index (χ4v) is 1.90. The average molecular weight is 419 g/mol. The number of ether oxygens (including phenoxy) is 2. The van der Waals surface area contributed by atoms with Gasteiger partial charge in [0.2, 0.25) is 0 Å². The van der Waals surface area contributed by atoms with Crippen molar-refractivity contribution in [3.8, 4) is 11.5 Å². The summed E-state index contributed by atoms with van der Waals surface area (Å²) in [5.41, 5.74) is 1.20. The van der Waals surface area contributed by atoms with Crippen LogP contribution in [0.2, 0.25) is 0 Å². The first kappa shape index (κ1) is 12.3. The molecule has 3 nitrogen and oxygen atoms in total. The zero-order chi connectivity index (χ0) is 10.6. The van der Waals surface area contributed by atoms with Gasteiger partial charge in [0.15, 0.2) is 11.5 Å². The van der Waals surface area contributed by atoms with Crippen LogP contribution in [0.3, 0.4) is 0 Å². The van der Waals surface area contributed by atoms with Crippen molar-refractivity contribution in [2.45, 2.75) is 6.54 Å². The number of halogens is 2. The third-order valence-corrected chi connectivity index (χ3v) is 2.43. The lowest BCUT2D eigenvalue weighted by Crippen LogP contribution is -1.97. The van der Waals surface area contributed by atoms with Crippen molar-refractivity contribution < 1.29 is 9.47 Å². The van der Waals surface area contributed by atoms with Gasteiger partial charge in [-0.2, -0.15) is 1.33 Å². The number of rotatable bonds is 4. The predicted octanol–water partition coefficient (Wildman–Crippen LogP) is 3.21. The number of methoxy groups -OCH3 is 2. The second-order valence-electron chi connectivity index (χ2n) is 2.65. The summed E-state index contributed by atoms with van der Waals surface area (Å²) in [6, 6.07) is 5.94. The lowest BCUT2D eigenvalue weighted by molar-refractivity contribution is 0.354. The third kappa shape index (κ3) is 3.43. The lowest BCUT2D eigenvalue weighted by atomic mass is 10.2. The minimum Gasteiger partial charge on any atom is -0.493 e. The van der Waals surface area contributed by atoms with Gasteiger partial charge >= 0.3 is 0 Å². The van der Waals surface area contributed by atoms with Crippen molar-refractivity contribution >= 4 is 45.7 Å². The first-order valence-electron chi connectivity index (χ1n) is 3.97. The van der Waals surface area contributed by atoms with Gasteiger partial charge in [-0.3, -0.25) is 0 Å². The van der Waals surface area contributed by atoms with E-state index >= 15 is 0 Å². The van der Waals surface area contributed by atoms with Crippen LogP contribution in [-0.4, -0.2) is 15.5 Å². The Bertz CT molecular complexity index is 305. The second-order valence-corrected chi connectivity index (χ2v) is 6.83. The molecular formula is C9H11I2NO2. The highest BCUT2D eigenvalue weighted by molar-refractivity contribution is 14.2. The maximum absolute atomic E-state index is 5.21. The van der Waals surface area contributed by atoms with Crippen molar-refractivity contribution in [3.63, 3.8) is 0 Å². The topological polar surface area (TPSA) is 21.7 Å². The molecule has 0 aliphatic rings. The quantitative estimate of drug-likeness (QED) is 0.553. The monoisotopic (exact) mass is 419 g/mol. The average Bonchev–Trinajstić information content (AvgIpc) is 2.16. The highest BCUT2D eigenvalue weighted by Crippen LogP contribution is 2.28. The molecule has 0 atom stereocenters. The van der Waals surface area contributed by atoms with Crippen LogP contribution in [0, 0.1) is 0 Å². The minimum absolute atomic E-state index is 0.768. The van der Waals surface area contributed by atoms with E-state index in [9.17, 15) is 0 Å². The summed E-state index contributed by atoms with van der Waals surface area (Å²) < 4.78 is 12.4. The summed E-state index contributed by atoms with van der Waals surface area (Å²) in [4.78, 5) is 0. The van der Waals surface area contributed by atoms with Gasteiger partial charge < -0.3 is 9.47 Å². The van der Waals surface area contributed by atoms with E-state index in [1.54, 1.807) is 14.2 Å². The Kier molecular flexibility index (Phi) is 5.24. The summed E-state index contributed by atoms with van der Waals surface area (Å²) in [6.07, 6.45) is 0. The van der Waals surface area contributed by atoms with Gasteiger partial charge in [-0.25, -0.2) is 0 Å². The van der Waals surface area contributed by atoms with Crippen molar-refractivity contribution in [1.29, 1.82) is 0 Å². The van der Waals surface area contributed by atoms with Gasteiger partial charge in [0, 0.05) is 52.3 Å². The summed E-state index contributed by atoms with van der Waals surface area (Å²) in [5, 5.41) is 0. The Morgan fingerprint density at radius 1 is 1.14 bits per heavy atom. The van der Waals surface area contributed by atoms with Gasteiger partial charge in [0.1, 0.15) is 0 Å². The molecule has 78 valence electrons. The van der Waals surface area contributed by atoms with E-state index in [0.717, 1.165) is 18.0 Å². The molecule has 0 saturated carbocycles. The predicted molar refractivity (Wildman–Crippen MR) is 73.1 cm³/mol. The summed E-state index contributed by atoms with van der Waals surface area (Å²) >= 11 is 4.47. The molecule has 14 heavy (non-hydrogen) atoms. The van der Waals surface area contributed by atoms with E-state index in [1.165, 1.54) is 5.56 Å². The Labute approximate surface area is 112 Å². The van der Waals surface area contributed by atoms with Gasteiger partial charge in [-0.05, 0) is 17.7 Å². The second kappa shape index (κ2) is 5.96. The molecule has 0 N–H and O–H groups in total. The van der Waals surface area contributed by atoms with Crippen LogP contribution in [0.1, 0.15) is 5.56 Å². The van der Waals surface area contributed by atoms with E-state index < -0.39 is 0 Å². The minimum atomic E-state index is 0.768. The fourth-order valence-electron chi connectivity index (χ4n) is 1.12.